The summed E-state index contributed by atoms with van der Waals surface area (Å²) in [5.74, 6) is -3.05. The molecule has 0 bridgehead atoms. The van der Waals surface area contributed by atoms with E-state index >= 15 is 0 Å². The van der Waals surface area contributed by atoms with E-state index in [2.05, 4.69) is 0 Å². The van der Waals surface area contributed by atoms with Gasteiger partial charge in [0.25, 0.3) is 0 Å². The molecule has 0 N–H and O–H groups in total. The predicted octanol–water partition coefficient (Wildman–Crippen LogP) is 3.53. The van der Waals surface area contributed by atoms with Gasteiger partial charge < -0.3 is 13.3 Å². The summed E-state index contributed by atoms with van der Waals surface area (Å²) in [4.78, 5) is 0. The highest BCUT2D eigenvalue weighted by molar-refractivity contribution is 6.75. The van der Waals surface area contributed by atoms with Crippen LogP contribution in [0.1, 0.15) is 40.0 Å². The summed E-state index contributed by atoms with van der Waals surface area (Å²) in [5, 5.41) is -0.413. The van der Waals surface area contributed by atoms with Gasteiger partial charge in [-0.15, -0.1) is 0 Å². The van der Waals surface area contributed by atoms with E-state index in [1.54, 1.807) is 0 Å². The number of hydrogen-bond acceptors (Lipinski definition) is 3. The fraction of sp³-hybridized carbons (Fsp3) is 0.600. The predicted molar refractivity (Wildman–Crippen MR) is 80.4 cm³/mol. The van der Waals surface area contributed by atoms with E-state index in [4.69, 9.17) is 13.3 Å². The van der Waals surface area contributed by atoms with Gasteiger partial charge in [-0.2, -0.15) is 0 Å². The summed E-state index contributed by atoms with van der Waals surface area (Å²) in [7, 11) is -3.76. The van der Waals surface area contributed by atoms with E-state index in [1.807, 2.05) is 20.8 Å². The Hall–Kier alpha value is -0.893. The first kappa shape index (κ1) is 19.2. The molecule has 0 aliphatic carbocycles. The van der Waals surface area contributed by atoms with Crippen molar-refractivity contribution in [1.29, 1.82) is 0 Å². The highest BCUT2D eigenvalue weighted by atomic mass is 28.4. The van der Waals surface area contributed by atoms with Crippen molar-refractivity contribution in [3.05, 3.63) is 29.6 Å². The highest BCUT2D eigenvalue weighted by Crippen LogP contribution is 2.18. The Bertz CT molecular complexity index is 427. The van der Waals surface area contributed by atoms with Crippen LogP contribution in [-0.4, -0.2) is 28.6 Å². The largest absolute Gasteiger partial charge is 0.543 e. The average Bonchev–Trinajstić information content (AvgIpc) is 2.47. The lowest BCUT2D eigenvalue weighted by molar-refractivity contribution is 0.0717. The molecule has 7 heteroatoms. The summed E-state index contributed by atoms with van der Waals surface area (Å²) in [6, 6.07) is 1.25. The molecule has 0 spiro atoms. The Morgan fingerprint density at radius 2 is 1.14 bits per heavy atom. The second kappa shape index (κ2) is 9.29. The Kier molecular flexibility index (Phi) is 8.09. The van der Waals surface area contributed by atoms with Gasteiger partial charge in [-0.1, -0.05) is 20.8 Å². The van der Waals surface area contributed by atoms with Gasteiger partial charge in [0.2, 0.25) is 0 Å². The molecule has 0 aliphatic rings. The van der Waals surface area contributed by atoms with Crippen LogP contribution in [0.25, 0.3) is 0 Å². The van der Waals surface area contributed by atoms with Crippen LogP contribution in [-0.2, 0) is 13.3 Å². The lowest BCUT2D eigenvalue weighted by Gasteiger charge is -2.30. The minimum absolute atomic E-state index is 0.246. The Morgan fingerprint density at radius 1 is 0.773 bits per heavy atom. The minimum atomic E-state index is -3.76. The zero-order chi connectivity index (χ0) is 16.6. The molecule has 3 nitrogen and oxygen atoms in total. The molecule has 0 atom stereocenters. The van der Waals surface area contributed by atoms with Crippen molar-refractivity contribution >= 4 is 14.0 Å². The maximum Gasteiger partial charge on any atom is 0.543 e. The van der Waals surface area contributed by atoms with Gasteiger partial charge in [0, 0.05) is 32.0 Å². The van der Waals surface area contributed by atoms with Gasteiger partial charge in [0.15, 0.2) is 0 Å². The molecule has 0 saturated heterocycles. The lowest BCUT2D eigenvalue weighted by Crippen LogP contribution is -2.59. The van der Waals surface area contributed by atoms with Crippen LogP contribution in [0.3, 0.4) is 0 Å². The first-order chi connectivity index (χ1) is 10.5. The third-order valence-corrected chi connectivity index (χ3v) is 5.64. The molecule has 126 valence electrons. The van der Waals surface area contributed by atoms with Crippen LogP contribution in [0.4, 0.5) is 13.2 Å². The van der Waals surface area contributed by atoms with Crippen LogP contribution in [0.15, 0.2) is 12.1 Å². The van der Waals surface area contributed by atoms with Crippen molar-refractivity contribution in [1.82, 2.24) is 0 Å². The topological polar surface area (TPSA) is 27.7 Å². The van der Waals surface area contributed by atoms with E-state index in [-0.39, 0.29) is 19.8 Å². The van der Waals surface area contributed by atoms with Crippen molar-refractivity contribution in [3.63, 3.8) is 0 Å². The maximum absolute atomic E-state index is 14.2. The fourth-order valence-electron chi connectivity index (χ4n) is 1.89. The molecular weight excluding hydrogens is 313 g/mol. The fourth-order valence-corrected chi connectivity index (χ4v) is 4.72. The van der Waals surface area contributed by atoms with E-state index in [0.29, 0.717) is 31.4 Å². The Morgan fingerprint density at radius 3 is 1.45 bits per heavy atom. The van der Waals surface area contributed by atoms with Crippen molar-refractivity contribution in [2.24, 2.45) is 0 Å². The first-order valence-electron chi connectivity index (χ1n) is 7.57. The number of rotatable bonds is 10. The maximum atomic E-state index is 14.2. The summed E-state index contributed by atoms with van der Waals surface area (Å²) < 4.78 is 58.6. The average molecular weight is 336 g/mol. The normalized spacial score (nSPS) is 11.9. The Balaban J connectivity index is 3.31. The van der Waals surface area contributed by atoms with Crippen LogP contribution >= 0.6 is 0 Å². The van der Waals surface area contributed by atoms with E-state index in [1.165, 1.54) is 0 Å². The number of benzene rings is 1. The van der Waals surface area contributed by atoms with Gasteiger partial charge in [-0.25, -0.2) is 13.2 Å². The zero-order valence-electron chi connectivity index (χ0n) is 13.3. The molecule has 0 amide bonds. The molecule has 1 aromatic carbocycles. The van der Waals surface area contributed by atoms with E-state index < -0.39 is 31.4 Å². The van der Waals surface area contributed by atoms with Crippen LogP contribution < -0.4 is 5.19 Å². The van der Waals surface area contributed by atoms with Crippen molar-refractivity contribution in [2.45, 2.75) is 40.0 Å². The van der Waals surface area contributed by atoms with Gasteiger partial charge in [0.1, 0.15) is 17.5 Å². The quantitative estimate of drug-likeness (QED) is 0.612. The van der Waals surface area contributed by atoms with Crippen LogP contribution in [0.2, 0.25) is 0 Å². The van der Waals surface area contributed by atoms with Gasteiger partial charge in [0.05, 0.1) is 5.19 Å². The summed E-state index contributed by atoms with van der Waals surface area (Å²) >= 11 is 0. The van der Waals surface area contributed by atoms with E-state index in [9.17, 15) is 13.2 Å². The summed E-state index contributed by atoms with van der Waals surface area (Å²) in [5.41, 5.74) is 0. The Labute approximate surface area is 130 Å². The standard InChI is InChI=1S/C15H23F3O3Si/c1-4-7-19-22(20-8-5-2,21-9-6-3)15-13(17)10-12(16)11-14(15)18/h10-11H,4-9H2,1-3H3. The molecule has 1 aromatic rings. The molecule has 0 aromatic heterocycles. The summed E-state index contributed by atoms with van der Waals surface area (Å²) in [6.07, 6.45) is 1.93. The molecule has 0 aliphatic heterocycles. The minimum Gasteiger partial charge on any atom is -0.370 e. The molecule has 0 heterocycles. The third kappa shape index (κ3) is 4.81. The molecule has 1 rings (SSSR count). The van der Waals surface area contributed by atoms with Crippen LogP contribution in [0.5, 0.6) is 0 Å². The SMILES string of the molecule is CCCO[Si](OCCC)(OCCC)c1c(F)cc(F)cc1F. The van der Waals surface area contributed by atoms with Gasteiger partial charge in [-0.05, 0) is 19.3 Å². The monoisotopic (exact) mass is 336 g/mol. The molecule has 22 heavy (non-hydrogen) atoms. The molecule has 0 fully saturated rings. The number of halogens is 3. The third-order valence-electron chi connectivity index (χ3n) is 2.80. The molecule has 0 radical (unpaired) electrons. The summed E-state index contributed by atoms with van der Waals surface area (Å²) in [6.45, 7) is 6.35. The second-order valence-corrected chi connectivity index (χ2v) is 7.32. The van der Waals surface area contributed by atoms with Crippen molar-refractivity contribution in [2.75, 3.05) is 19.8 Å². The first-order valence-corrected chi connectivity index (χ1v) is 9.30. The number of hydrogen-bond donors (Lipinski definition) is 0. The lowest BCUT2D eigenvalue weighted by atomic mass is 10.3. The molecule has 0 saturated carbocycles. The highest BCUT2D eigenvalue weighted by Gasteiger charge is 2.48. The van der Waals surface area contributed by atoms with Crippen molar-refractivity contribution in [3.8, 4) is 0 Å². The zero-order valence-corrected chi connectivity index (χ0v) is 14.3. The van der Waals surface area contributed by atoms with E-state index in [0.717, 1.165) is 0 Å². The van der Waals surface area contributed by atoms with Gasteiger partial charge >= 0.3 is 8.80 Å². The van der Waals surface area contributed by atoms with Gasteiger partial charge in [-0.3, -0.25) is 0 Å². The molecular formula is C15H23F3O3Si. The molecule has 0 unspecified atom stereocenters. The van der Waals surface area contributed by atoms with Crippen molar-refractivity contribution < 1.29 is 26.4 Å². The smallest absolute Gasteiger partial charge is 0.370 e. The second-order valence-electron chi connectivity index (χ2n) is 4.85. The van der Waals surface area contributed by atoms with Crippen LogP contribution in [0, 0.1) is 17.5 Å².